The third kappa shape index (κ3) is 5.48. The molecule has 0 aliphatic carbocycles. The summed E-state index contributed by atoms with van der Waals surface area (Å²) >= 11 is 0. The molecular weight excluding hydrogens is 380 g/mol. The van der Waals surface area contributed by atoms with E-state index in [-0.39, 0.29) is 12.3 Å². The van der Waals surface area contributed by atoms with Gasteiger partial charge in [0.05, 0.1) is 35.9 Å². The van der Waals surface area contributed by atoms with E-state index in [1.165, 1.54) is 0 Å². The molecule has 162 valence electrons. The molecule has 1 saturated heterocycles. The van der Waals surface area contributed by atoms with Gasteiger partial charge in [0, 0.05) is 25.8 Å². The van der Waals surface area contributed by atoms with Gasteiger partial charge in [0.25, 0.3) is 0 Å². The molecule has 7 heteroatoms. The molecule has 1 fully saturated rings. The zero-order chi connectivity index (χ0) is 21.5. The van der Waals surface area contributed by atoms with Gasteiger partial charge < -0.3 is 20.1 Å². The van der Waals surface area contributed by atoms with Crippen molar-refractivity contribution < 1.29 is 14.6 Å². The van der Waals surface area contributed by atoms with E-state index in [9.17, 15) is 9.90 Å². The molecule has 0 amide bonds. The van der Waals surface area contributed by atoms with Gasteiger partial charge in [-0.3, -0.25) is 4.79 Å². The standard InChI is InChI=1S/C23H32N4O3/c1-4-17(13-23(28)29)18-6-7-22(27(5-2)20-8-10-30-11-9-20)21(12-18)26-19-14-24-16(3)25-15-19/h6-7,12,14-15,17,20,26H,4-5,8-11,13H2,1-3H3,(H,28,29)/t17-/m1/s1. The lowest BCUT2D eigenvalue weighted by Crippen LogP contribution is -2.39. The number of benzene rings is 1. The van der Waals surface area contributed by atoms with E-state index < -0.39 is 5.97 Å². The largest absolute Gasteiger partial charge is 0.481 e. The van der Waals surface area contributed by atoms with Crippen molar-refractivity contribution in [1.82, 2.24) is 9.97 Å². The molecule has 1 atom stereocenters. The van der Waals surface area contributed by atoms with Crippen LogP contribution in [0.25, 0.3) is 0 Å². The average Bonchev–Trinajstić information content (AvgIpc) is 2.76. The summed E-state index contributed by atoms with van der Waals surface area (Å²) in [5.74, 6) is -0.0753. The van der Waals surface area contributed by atoms with E-state index in [4.69, 9.17) is 4.74 Å². The second-order valence-corrected chi connectivity index (χ2v) is 7.75. The van der Waals surface area contributed by atoms with Crippen LogP contribution in [0.1, 0.15) is 56.8 Å². The number of carboxylic acid groups (broad SMARTS) is 1. The Morgan fingerprint density at radius 2 is 1.97 bits per heavy atom. The minimum Gasteiger partial charge on any atom is -0.481 e. The number of nitrogens with one attached hydrogen (secondary N) is 1. The van der Waals surface area contributed by atoms with E-state index in [1.54, 1.807) is 12.4 Å². The number of hydrogen-bond donors (Lipinski definition) is 2. The summed E-state index contributed by atoms with van der Waals surface area (Å²) in [4.78, 5) is 22.3. The van der Waals surface area contributed by atoms with Crippen molar-refractivity contribution in [3.8, 4) is 0 Å². The summed E-state index contributed by atoms with van der Waals surface area (Å²) in [5.41, 5.74) is 3.91. The first kappa shape index (κ1) is 22.0. The molecule has 1 aliphatic rings. The Hall–Kier alpha value is -2.67. The highest BCUT2D eigenvalue weighted by atomic mass is 16.5. The molecule has 1 aromatic heterocycles. The fraction of sp³-hybridized carbons (Fsp3) is 0.522. The SMILES string of the molecule is CC[C@H](CC(=O)O)c1ccc(N(CC)C2CCOCC2)c(Nc2cnc(C)nc2)c1. The molecule has 2 N–H and O–H groups in total. The number of aromatic nitrogens is 2. The summed E-state index contributed by atoms with van der Waals surface area (Å²) in [7, 11) is 0. The van der Waals surface area contributed by atoms with E-state index in [2.05, 4.69) is 45.3 Å². The van der Waals surface area contributed by atoms with Crippen molar-refractivity contribution in [2.24, 2.45) is 0 Å². The van der Waals surface area contributed by atoms with E-state index in [1.807, 2.05) is 13.8 Å². The zero-order valence-electron chi connectivity index (χ0n) is 18.1. The zero-order valence-corrected chi connectivity index (χ0v) is 18.1. The van der Waals surface area contributed by atoms with Crippen molar-refractivity contribution in [2.45, 2.75) is 58.4 Å². The van der Waals surface area contributed by atoms with Crippen LogP contribution in [0.2, 0.25) is 0 Å². The van der Waals surface area contributed by atoms with E-state index >= 15 is 0 Å². The van der Waals surface area contributed by atoms with Crippen molar-refractivity contribution >= 4 is 23.0 Å². The van der Waals surface area contributed by atoms with E-state index in [0.717, 1.165) is 67.5 Å². The molecule has 0 saturated carbocycles. The highest BCUT2D eigenvalue weighted by molar-refractivity contribution is 5.76. The molecule has 3 rings (SSSR count). The van der Waals surface area contributed by atoms with Crippen LogP contribution in [0.4, 0.5) is 17.1 Å². The first-order valence-electron chi connectivity index (χ1n) is 10.8. The second kappa shape index (κ2) is 10.4. The number of aryl methyl sites for hydroxylation is 1. The van der Waals surface area contributed by atoms with Gasteiger partial charge in [0.2, 0.25) is 0 Å². The molecule has 7 nitrogen and oxygen atoms in total. The van der Waals surface area contributed by atoms with Crippen molar-refractivity contribution in [3.63, 3.8) is 0 Å². The Bertz CT molecular complexity index is 835. The minimum absolute atomic E-state index is 0.0236. The number of carboxylic acids is 1. The van der Waals surface area contributed by atoms with Crippen LogP contribution in [-0.2, 0) is 9.53 Å². The smallest absolute Gasteiger partial charge is 0.303 e. The van der Waals surface area contributed by atoms with Gasteiger partial charge in [-0.25, -0.2) is 9.97 Å². The van der Waals surface area contributed by atoms with Gasteiger partial charge in [0.15, 0.2) is 0 Å². The molecule has 0 radical (unpaired) electrons. The van der Waals surface area contributed by atoms with Crippen molar-refractivity contribution in [2.75, 3.05) is 30.0 Å². The molecule has 0 bridgehead atoms. The van der Waals surface area contributed by atoms with Gasteiger partial charge in [-0.2, -0.15) is 0 Å². The number of aliphatic carboxylic acids is 1. The van der Waals surface area contributed by atoms with Crippen molar-refractivity contribution in [1.29, 1.82) is 0 Å². The number of ether oxygens (including phenoxy) is 1. The number of rotatable bonds is 9. The first-order chi connectivity index (χ1) is 14.5. The van der Waals surface area contributed by atoms with Crippen LogP contribution in [-0.4, -0.2) is 46.8 Å². The van der Waals surface area contributed by atoms with Gasteiger partial charge in [-0.1, -0.05) is 13.0 Å². The summed E-state index contributed by atoms with van der Waals surface area (Å²) in [6, 6.07) is 6.71. The van der Waals surface area contributed by atoms with Gasteiger partial charge in [0.1, 0.15) is 5.82 Å². The fourth-order valence-corrected chi connectivity index (χ4v) is 4.10. The summed E-state index contributed by atoms with van der Waals surface area (Å²) in [6.45, 7) is 8.51. The van der Waals surface area contributed by atoms with Crippen LogP contribution >= 0.6 is 0 Å². The number of hydrogen-bond acceptors (Lipinski definition) is 6. The molecule has 0 spiro atoms. The number of anilines is 3. The third-order valence-corrected chi connectivity index (χ3v) is 5.75. The maximum Gasteiger partial charge on any atom is 0.303 e. The van der Waals surface area contributed by atoms with Gasteiger partial charge in [-0.15, -0.1) is 0 Å². The quantitative estimate of drug-likeness (QED) is 0.627. The highest BCUT2D eigenvalue weighted by Gasteiger charge is 2.24. The van der Waals surface area contributed by atoms with Crippen LogP contribution in [0, 0.1) is 6.92 Å². The summed E-state index contributed by atoms with van der Waals surface area (Å²) in [5, 5.41) is 12.8. The predicted molar refractivity (Wildman–Crippen MR) is 119 cm³/mol. The number of nitrogens with zero attached hydrogens (tertiary/aromatic N) is 3. The lowest BCUT2D eigenvalue weighted by Gasteiger charge is -2.36. The monoisotopic (exact) mass is 412 g/mol. The molecule has 30 heavy (non-hydrogen) atoms. The Kier molecular flexibility index (Phi) is 7.63. The molecule has 2 aromatic rings. The molecule has 1 aliphatic heterocycles. The van der Waals surface area contributed by atoms with Crippen molar-refractivity contribution in [3.05, 3.63) is 42.0 Å². The van der Waals surface area contributed by atoms with Crippen LogP contribution < -0.4 is 10.2 Å². The Morgan fingerprint density at radius 3 is 2.57 bits per heavy atom. The molecule has 2 heterocycles. The van der Waals surface area contributed by atoms with Crippen LogP contribution in [0.3, 0.4) is 0 Å². The molecule has 0 unspecified atom stereocenters. The predicted octanol–water partition coefficient (Wildman–Crippen LogP) is 4.50. The van der Waals surface area contributed by atoms with Crippen LogP contribution in [0.15, 0.2) is 30.6 Å². The first-order valence-corrected chi connectivity index (χ1v) is 10.8. The second-order valence-electron chi connectivity index (χ2n) is 7.75. The Morgan fingerprint density at radius 1 is 1.27 bits per heavy atom. The lowest BCUT2D eigenvalue weighted by atomic mass is 9.92. The lowest BCUT2D eigenvalue weighted by molar-refractivity contribution is -0.137. The highest BCUT2D eigenvalue weighted by Crippen LogP contribution is 2.36. The minimum atomic E-state index is -0.773. The normalized spacial score (nSPS) is 15.6. The Balaban J connectivity index is 1.98. The molecule has 1 aromatic carbocycles. The third-order valence-electron chi connectivity index (χ3n) is 5.75. The van der Waals surface area contributed by atoms with Gasteiger partial charge in [-0.05, 0) is 56.7 Å². The average molecular weight is 413 g/mol. The maximum absolute atomic E-state index is 11.3. The summed E-state index contributed by atoms with van der Waals surface area (Å²) in [6.07, 6.45) is 6.45. The van der Waals surface area contributed by atoms with Gasteiger partial charge >= 0.3 is 5.97 Å². The van der Waals surface area contributed by atoms with E-state index in [0.29, 0.717) is 6.04 Å². The fourth-order valence-electron chi connectivity index (χ4n) is 4.10. The van der Waals surface area contributed by atoms with Crippen LogP contribution in [0.5, 0.6) is 0 Å². The molecular formula is C23H32N4O3. The summed E-state index contributed by atoms with van der Waals surface area (Å²) < 4.78 is 5.55. The number of carbonyl (C=O) groups is 1. The Labute approximate surface area is 178 Å². The topological polar surface area (TPSA) is 87.6 Å². The maximum atomic E-state index is 11.3.